The summed E-state index contributed by atoms with van der Waals surface area (Å²) in [5.74, 6) is -0.574. The first kappa shape index (κ1) is 17.4. The molecule has 0 aliphatic rings. The average Bonchev–Trinajstić information content (AvgIpc) is 2.55. The van der Waals surface area contributed by atoms with Gasteiger partial charge in [0.1, 0.15) is 6.07 Å². The van der Waals surface area contributed by atoms with Gasteiger partial charge in [0.05, 0.1) is 10.6 Å². The topological polar surface area (TPSA) is 73.1 Å². The van der Waals surface area contributed by atoms with Gasteiger partial charge in [-0.05, 0) is 49.1 Å². The van der Waals surface area contributed by atoms with Crippen LogP contribution in [0.2, 0.25) is 5.02 Å². The number of halogens is 1. The molecule has 0 saturated carbocycles. The highest BCUT2D eigenvalue weighted by atomic mass is 35.5. The van der Waals surface area contributed by atoms with Crippen molar-refractivity contribution in [3.63, 3.8) is 0 Å². The summed E-state index contributed by atoms with van der Waals surface area (Å²) in [6, 6.07) is 13.6. The number of amides is 1. The smallest absolute Gasteiger partial charge is 0.260 e. The summed E-state index contributed by atoms with van der Waals surface area (Å²) in [5.41, 5.74) is -0.450. The summed E-state index contributed by atoms with van der Waals surface area (Å²) < 4.78 is 0. The minimum atomic E-state index is -1.68. The van der Waals surface area contributed by atoms with Gasteiger partial charge >= 0.3 is 0 Å². The lowest BCUT2D eigenvalue weighted by Gasteiger charge is -2.23. The zero-order chi connectivity index (χ0) is 17.0. The van der Waals surface area contributed by atoms with Crippen LogP contribution in [0, 0.1) is 11.3 Å². The number of nitrogens with one attached hydrogen (secondary N) is 1. The van der Waals surface area contributed by atoms with E-state index in [2.05, 4.69) is 5.32 Å². The second-order valence-corrected chi connectivity index (χ2v) is 6.35. The molecule has 0 radical (unpaired) electrons. The van der Waals surface area contributed by atoms with Crippen molar-refractivity contribution in [2.24, 2.45) is 0 Å². The highest BCUT2D eigenvalue weighted by Gasteiger charge is 2.32. The Kier molecular flexibility index (Phi) is 5.32. The molecule has 1 atom stereocenters. The molecule has 1 amide bonds. The van der Waals surface area contributed by atoms with E-state index in [9.17, 15) is 9.90 Å². The molecule has 0 heterocycles. The van der Waals surface area contributed by atoms with Crippen LogP contribution in [0.3, 0.4) is 0 Å². The SMILES string of the molecule is CSc1ccc(C(C)(O)C(=O)Nc2ccc(C#N)c(Cl)c2)cc1. The molecule has 0 fully saturated rings. The zero-order valence-electron chi connectivity index (χ0n) is 12.6. The molecular formula is C17H15ClN2O2S. The van der Waals surface area contributed by atoms with Gasteiger partial charge in [0, 0.05) is 10.6 Å². The van der Waals surface area contributed by atoms with Crippen LogP contribution in [0.5, 0.6) is 0 Å². The fourth-order valence-electron chi connectivity index (χ4n) is 1.98. The molecular weight excluding hydrogens is 332 g/mol. The summed E-state index contributed by atoms with van der Waals surface area (Å²) >= 11 is 7.52. The van der Waals surface area contributed by atoms with Crippen LogP contribution in [0.4, 0.5) is 5.69 Å². The van der Waals surface area contributed by atoms with Crippen molar-refractivity contribution >= 4 is 35.0 Å². The third-order valence-corrected chi connectivity index (χ3v) is 4.50. The molecule has 6 heteroatoms. The van der Waals surface area contributed by atoms with Crippen LogP contribution in [-0.2, 0) is 10.4 Å². The van der Waals surface area contributed by atoms with E-state index in [-0.39, 0.29) is 5.02 Å². The van der Waals surface area contributed by atoms with Gasteiger partial charge in [-0.25, -0.2) is 0 Å². The first-order valence-electron chi connectivity index (χ1n) is 6.76. The van der Waals surface area contributed by atoms with Gasteiger partial charge in [-0.2, -0.15) is 5.26 Å². The van der Waals surface area contributed by atoms with Crippen LogP contribution in [0.15, 0.2) is 47.4 Å². The maximum atomic E-state index is 12.4. The second-order valence-electron chi connectivity index (χ2n) is 5.06. The number of hydrogen-bond acceptors (Lipinski definition) is 4. The molecule has 0 bridgehead atoms. The lowest BCUT2D eigenvalue weighted by molar-refractivity contribution is -0.133. The first-order valence-corrected chi connectivity index (χ1v) is 8.36. The van der Waals surface area contributed by atoms with E-state index in [4.69, 9.17) is 16.9 Å². The molecule has 0 spiro atoms. The monoisotopic (exact) mass is 346 g/mol. The van der Waals surface area contributed by atoms with Crippen LogP contribution < -0.4 is 5.32 Å². The maximum Gasteiger partial charge on any atom is 0.260 e. The van der Waals surface area contributed by atoms with Gasteiger partial charge in [0.2, 0.25) is 0 Å². The third-order valence-electron chi connectivity index (χ3n) is 3.44. The number of nitriles is 1. The van der Waals surface area contributed by atoms with E-state index in [0.717, 1.165) is 4.90 Å². The van der Waals surface area contributed by atoms with Crippen LogP contribution in [0.1, 0.15) is 18.1 Å². The molecule has 0 aliphatic carbocycles. The minimum Gasteiger partial charge on any atom is -0.376 e. The Hall–Kier alpha value is -2.00. The fraction of sp³-hybridized carbons (Fsp3) is 0.176. The molecule has 0 aromatic heterocycles. The standard InChI is InChI=1S/C17H15ClN2O2S/c1-17(22,12-4-7-14(23-2)8-5-12)16(21)20-13-6-3-11(10-19)15(18)9-13/h3-9,22H,1-2H3,(H,20,21). The quantitative estimate of drug-likeness (QED) is 0.826. The normalized spacial score (nSPS) is 13.0. The molecule has 1 unspecified atom stereocenters. The second kappa shape index (κ2) is 7.05. The molecule has 23 heavy (non-hydrogen) atoms. The molecule has 4 nitrogen and oxygen atoms in total. The minimum absolute atomic E-state index is 0.245. The average molecular weight is 347 g/mol. The number of carbonyl (C=O) groups is 1. The van der Waals surface area contributed by atoms with Gasteiger partial charge < -0.3 is 10.4 Å². The number of hydrogen-bond donors (Lipinski definition) is 2. The highest BCUT2D eigenvalue weighted by molar-refractivity contribution is 7.98. The Bertz CT molecular complexity index is 767. The van der Waals surface area contributed by atoms with E-state index < -0.39 is 11.5 Å². The van der Waals surface area contributed by atoms with Gasteiger partial charge in [0.25, 0.3) is 5.91 Å². The number of carbonyl (C=O) groups excluding carboxylic acids is 1. The number of anilines is 1. The predicted octanol–water partition coefficient (Wildman–Crippen LogP) is 3.78. The maximum absolute atomic E-state index is 12.4. The van der Waals surface area contributed by atoms with E-state index >= 15 is 0 Å². The van der Waals surface area contributed by atoms with Crippen molar-refractivity contribution in [1.82, 2.24) is 0 Å². The Morgan fingerprint density at radius 3 is 2.48 bits per heavy atom. The van der Waals surface area contributed by atoms with Crippen molar-refractivity contribution in [2.45, 2.75) is 17.4 Å². The molecule has 2 rings (SSSR count). The van der Waals surface area contributed by atoms with Crippen LogP contribution in [-0.4, -0.2) is 17.3 Å². The fourth-order valence-corrected chi connectivity index (χ4v) is 2.61. The van der Waals surface area contributed by atoms with Crippen LogP contribution >= 0.6 is 23.4 Å². The Balaban J connectivity index is 2.21. The molecule has 2 aromatic rings. The zero-order valence-corrected chi connectivity index (χ0v) is 14.2. The largest absolute Gasteiger partial charge is 0.376 e. The molecule has 2 aromatic carbocycles. The van der Waals surface area contributed by atoms with Crippen molar-refractivity contribution in [3.05, 3.63) is 58.6 Å². The van der Waals surface area contributed by atoms with Crippen molar-refractivity contribution in [3.8, 4) is 6.07 Å². The van der Waals surface area contributed by atoms with Gasteiger partial charge in [0.15, 0.2) is 5.60 Å². The van der Waals surface area contributed by atoms with Gasteiger partial charge in [-0.15, -0.1) is 11.8 Å². The van der Waals surface area contributed by atoms with Gasteiger partial charge in [-0.1, -0.05) is 23.7 Å². The predicted molar refractivity (Wildman–Crippen MR) is 92.6 cm³/mol. The van der Waals surface area contributed by atoms with E-state index in [1.807, 2.05) is 24.5 Å². The molecule has 2 N–H and O–H groups in total. The summed E-state index contributed by atoms with van der Waals surface area (Å²) in [7, 11) is 0. The Labute approximate surface area is 144 Å². The molecule has 118 valence electrons. The lowest BCUT2D eigenvalue weighted by atomic mass is 9.95. The summed E-state index contributed by atoms with van der Waals surface area (Å²) in [4.78, 5) is 13.4. The third kappa shape index (κ3) is 3.85. The summed E-state index contributed by atoms with van der Waals surface area (Å²) in [5, 5.41) is 22.3. The van der Waals surface area contributed by atoms with Gasteiger partial charge in [-0.3, -0.25) is 4.79 Å². The molecule has 0 aliphatic heterocycles. The first-order chi connectivity index (χ1) is 10.9. The Morgan fingerprint density at radius 1 is 1.30 bits per heavy atom. The molecule has 0 saturated heterocycles. The number of benzene rings is 2. The highest BCUT2D eigenvalue weighted by Crippen LogP contribution is 2.26. The summed E-state index contributed by atoms with van der Waals surface area (Å²) in [6.07, 6.45) is 1.95. The van der Waals surface area contributed by atoms with E-state index in [1.165, 1.54) is 19.1 Å². The summed E-state index contributed by atoms with van der Waals surface area (Å²) in [6.45, 7) is 1.43. The number of rotatable bonds is 4. The van der Waals surface area contributed by atoms with E-state index in [1.54, 1.807) is 30.0 Å². The number of thioether (sulfide) groups is 1. The van der Waals surface area contributed by atoms with Crippen molar-refractivity contribution in [1.29, 1.82) is 5.26 Å². The van der Waals surface area contributed by atoms with Crippen molar-refractivity contribution in [2.75, 3.05) is 11.6 Å². The van der Waals surface area contributed by atoms with E-state index in [0.29, 0.717) is 16.8 Å². The lowest BCUT2D eigenvalue weighted by Crippen LogP contribution is -2.37. The number of aliphatic hydroxyl groups is 1. The van der Waals surface area contributed by atoms with Crippen molar-refractivity contribution < 1.29 is 9.90 Å². The Morgan fingerprint density at radius 2 is 1.96 bits per heavy atom. The number of nitrogens with zero attached hydrogens (tertiary/aromatic N) is 1. The van der Waals surface area contributed by atoms with Crippen LogP contribution in [0.25, 0.3) is 0 Å².